The number of benzene rings is 1. The van der Waals surface area contributed by atoms with Crippen molar-refractivity contribution in [2.24, 2.45) is 5.92 Å². The Morgan fingerprint density at radius 3 is 2.65 bits per heavy atom. The number of rotatable bonds is 4. The molecule has 94 valence electrons. The van der Waals surface area contributed by atoms with Gasteiger partial charge < -0.3 is 10.6 Å². The standard InChI is InChI=1S/C14H22N2O/c1-5-10(2)9-16(4)14(17)12-7-6-11(3)8-13(12)15/h6-8,10H,5,9,15H2,1-4H3. The van der Waals surface area contributed by atoms with Crippen LogP contribution >= 0.6 is 0 Å². The SMILES string of the molecule is CCC(C)CN(C)C(=O)c1ccc(C)cc1N. The van der Waals surface area contributed by atoms with Crippen LogP contribution in [0.1, 0.15) is 36.2 Å². The number of nitrogen functional groups attached to an aromatic ring is 1. The van der Waals surface area contributed by atoms with Crippen LogP contribution < -0.4 is 5.73 Å². The fourth-order valence-corrected chi connectivity index (χ4v) is 1.76. The van der Waals surface area contributed by atoms with E-state index in [0.717, 1.165) is 18.5 Å². The van der Waals surface area contributed by atoms with Gasteiger partial charge in [0.2, 0.25) is 0 Å². The zero-order valence-corrected chi connectivity index (χ0v) is 11.2. The molecule has 0 radical (unpaired) electrons. The van der Waals surface area contributed by atoms with E-state index in [2.05, 4.69) is 13.8 Å². The molecule has 0 saturated carbocycles. The Morgan fingerprint density at radius 1 is 1.47 bits per heavy atom. The first kappa shape index (κ1) is 13.6. The molecule has 0 heterocycles. The minimum Gasteiger partial charge on any atom is -0.398 e. The van der Waals surface area contributed by atoms with E-state index >= 15 is 0 Å². The summed E-state index contributed by atoms with van der Waals surface area (Å²) in [5.41, 5.74) is 8.11. The largest absolute Gasteiger partial charge is 0.398 e. The first-order valence-electron chi connectivity index (χ1n) is 6.07. The second kappa shape index (κ2) is 5.71. The van der Waals surface area contributed by atoms with Crippen LogP contribution in [0, 0.1) is 12.8 Å². The minimum absolute atomic E-state index is 0.00259. The van der Waals surface area contributed by atoms with E-state index in [1.165, 1.54) is 0 Å². The van der Waals surface area contributed by atoms with E-state index < -0.39 is 0 Å². The normalized spacial score (nSPS) is 12.2. The molecule has 2 N–H and O–H groups in total. The van der Waals surface area contributed by atoms with Gasteiger partial charge in [0, 0.05) is 19.3 Å². The molecule has 0 aliphatic heterocycles. The number of aryl methyl sites for hydroxylation is 1. The molecular formula is C14H22N2O. The van der Waals surface area contributed by atoms with Crippen LogP contribution in [0.5, 0.6) is 0 Å². The summed E-state index contributed by atoms with van der Waals surface area (Å²) in [5.74, 6) is 0.512. The maximum absolute atomic E-state index is 12.2. The molecule has 1 unspecified atom stereocenters. The highest BCUT2D eigenvalue weighted by Crippen LogP contribution is 2.16. The van der Waals surface area contributed by atoms with Crippen LogP contribution in [0.3, 0.4) is 0 Å². The van der Waals surface area contributed by atoms with E-state index in [0.29, 0.717) is 17.2 Å². The van der Waals surface area contributed by atoms with Gasteiger partial charge in [0.1, 0.15) is 0 Å². The monoisotopic (exact) mass is 234 g/mol. The molecule has 0 aliphatic carbocycles. The van der Waals surface area contributed by atoms with E-state index in [4.69, 9.17) is 5.73 Å². The number of hydrogen-bond acceptors (Lipinski definition) is 2. The number of nitrogens with two attached hydrogens (primary N) is 1. The number of anilines is 1. The number of nitrogens with zero attached hydrogens (tertiary/aromatic N) is 1. The lowest BCUT2D eigenvalue weighted by Gasteiger charge is -2.21. The third-order valence-corrected chi connectivity index (χ3v) is 3.07. The maximum Gasteiger partial charge on any atom is 0.255 e. The van der Waals surface area contributed by atoms with Gasteiger partial charge in [-0.05, 0) is 30.5 Å². The van der Waals surface area contributed by atoms with E-state index in [9.17, 15) is 4.79 Å². The van der Waals surface area contributed by atoms with Crippen molar-refractivity contribution in [3.05, 3.63) is 29.3 Å². The van der Waals surface area contributed by atoms with Crippen molar-refractivity contribution in [1.82, 2.24) is 4.90 Å². The molecular weight excluding hydrogens is 212 g/mol. The van der Waals surface area contributed by atoms with Crippen LogP contribution in [-0.2, 0) is 0 Å². The highest BCUT2D eigenvalue weighted by Gasteiger charge is 2.15. The molecule has 1 aromatic rings. The Morgan fingerprint density at radius 2 is 2.12 bits per heavy atom. The molecule has 0 aliphatic rings. The third kappa shape index (κ3) is 3.48. The van der Waals surface area contributed by atoms with Crippen molar-refractivity contribution in [2.45, 2.75) is 27.2 Å². The van der Waals surface area contributed by atoms with Gasteiger partial charge in [-0.2, -0.15) is 0 Å². The molecule has 3 heteroatoms. The average Bonchev–Trinajstić information content (AvgIpc) is 2.28. The molecule has 0 saturated heterocycles. The number of carbonyl (C=O) groups is 1. The smallest absolute Gasteiger partial charge is 0.255 e. The first-order chi connectivity index (χ1) is 7.95. The molecule has 1 atom stereocenters. The van der Waals surface area contributed by atoms with Crippen molar-refractivity contribution in [3.63, 3.8) is 0 Å². The zero-order chi connectivity index (χ0) is 13.0. The number of carbonyl (C=O) groups excluding carboxylic acids is 1. The molecule has 0 aromatic heterocycles. The number of hydrogen-bond donors (Lipinski definition) is 1. The fraction of sp³-hybridized carbons (Fsp3) is 0.500. The van der Waals surface area contributed by atoms with Crippen molar-refractivity contribution < 1.29 is 4.79 Å². The summed E-state index contributed by atoms with van der Waals surface area (Å²) >= 11 is 0. The number of amides is 1. The molecule has 0 spiro atoms. The predicted octanol–water partition coefficient (Wildman–Crippen LogP) is 2.70. The molecule has 17 heavy (non-hydrogen) atoms. The second-order valence-corrected chi connectivity index (χ2v) is 4.79. The van der Waals surface area contributed by atoms with Crippen LogP contribution in [0.25, 0.3) is 0 Å². The molecule has 1 rings (SSSR count). The highest BCUT2D eigenvalue weighted by molar-refractivity contribution is 5.99. The van der Waals surface area contributed by atoms with Crippen molar-refractivity contribution in [1.29, 1.82) is 0 Å². The summed E-state index contributed by atoms with van der Waals surface area (Å²) in [5, 5.41) is 0. The van der Waals surface area contributed by atoms with Gasteiger partial charge >= 0.3 is 0 Å². The van der Waals surface area contributed by atoms with Gasteiger partial charge in [-0.25, -0.2) is 0 Å². The molecule has 1 amide bonds. The summed E-state index contributed by atoms with van der Waals surface area (Å²) in [6.07, 6.45) is 1.07. The first-order valence-corrected chi connectivity index (χ1v) is 6.07. The lowest BCUT2D eigenvalue weighted by molar-refractivity contribution is 0.0776. The molecule has 0 bridgehead atoms. The summed E-state index contributed by atoms with van der Waals surface area (Å²) < 4.78 is 0. The Bertz CT molecular complexity index is 401. The lowest BCUT2D eigenvalue weighted by atomic mass is 10.1. The van der Waals surface area contributed by atoms with Crippen LogP contribution in [0.2, 0.25) is 0 Å². The van der Waals surface area contributed by atoms with Gasteiger partial charge in [-0.3, -0.25) is 4.79 Å². The van der Waals surface area contributed by atoms with Crippen molar-refractivity contribution in [3.8, 4) is 0 Å². The lowest BCUT2D eigenvalue weighted by Crippen LogP contribution is -2.31. The summed E-state index contributed by atoms with van der Waals surface area (Å²) in [6, 6.07) is 5.56. The van der Waals surface area contributed by atoms with Gasteiger partial charge in [0.15, 0.2) is 0 Å². The minimum atomic E-state index is 0.00259. The van der Waals surface area contributed by atoms with E-state index in [-0.39, 0.29) is 5.91 Å². The van der Waals surface area contributed by atoms with E-state index in [1.54, 1.807) is 11.0 Å². The van der Waals surface area contributed by atoms with E-state index in [1.807, 2.05) is 26.1 Å². The Hall–Kier alpha value is -1.51. The predicted molar refractivity (Wildman–Crippen MR) is 72.0 cm³/mol. The molecule has 1 aromatic carbocycles. The average molecular weight is 234 g/mol. The molecule has 0 fully saturated rings. The van der Waals surface area contributed by atoms with Crippen LogP contribution in [-0.4, -0.2) is 24.4 Å². The highest BCUT2D eigenvalue weighted by atomic mass is 16.2. The van der Waals surface area contributed by atoms with Gasteiger partial charge in [-0.15, -0.1) is 0 Å². The summed E-state index contributed by atoms with van der Waals surface area (Å²) in [4.78, 5) is 13.9. The fourth-order valence-electron chi connectivity index (χ4n) is 1.76. The third-order valence-electron chi connectivity index (χ3n) is 3.07. The Balaban J connectivity index is 2.81. The summed E-state index contributed by atoms with van der Waals surface area (Å²) in [6.45, 7) is 7.00. The van der Waals surface area contributed by atoms with Gasteiger partial charge in [-0.1, -0.05) is 26.3 Å². The quantitative estimate of drug-likeness (QED) is 0.814. The topological polar surface area (TPSA) is 46.3 Å². The Labute approximate surface area is 104 Å². The summed E-state index contributed by atoms with van der Waals surface area (Å²) in [7, 11) is 1.83. The van der Waals surface area contributed by atoms with Crippen molar-refractivity contribution >= 4 is 11.6 Å². The van der Waals surface area contributed by atoms with Gasteiger partial charge in [0.25, 0.3) is 5.91 Å². The van der Waals surface area contributed by atoms with Crippen LogP contribution in [0.15, 0.2) is 18.2 Å². The second-order valence-electron chi connectivity index (χ2n) is 4.79. The Kier molecular flexibility index (Phi) is 4.55. The van der Waals surface area contributed by atoms with Crippen molar-refractivity contribution in [2.75, 3.05) is 19.3 Å². The molecule has 3 nitrogen and oxygen atoms in total. The van der Waals surface area contributed by atoms with Crippen LogP contribution in [0.4, 0.5) is 5.69 Å². The van der Waals surface area contributed by atoms with Gasteiger partial charge in [0.05, 0.1) is 5.56 Å². The maximum atomic E-state index is 12.2. The zero-order valence-electron chi connectivity index (χ0n) is 11.2.